The first kappa shape index (κ1) is 23.1. The van der Waals surface area contributed by atoms with Crippen LogP contribution in [0, 0.1) is 12.7 Å². The summed E-state index contributed by atoms with van der Waals surface area (Å²) < 4.78 is 24.1. The fourth-order valence-corrected chi connectivity index (χ4v) is 5.09. The number of amides is 1. The van der Waals surface area contributed by atoms with Gasteiger partial charge in [0, 0.05) is 53.9 Å². The zero-order valence-electron chi connectivity index (χ0n) is 20.4. The van der Waals surface area contributed by atoms with Crippen LogP contribution >= 0.6 is 0 Å². The molecule has 9 nitrogen and oxygen atoms in total. The van der Waals surface area contributed by atoms with E-state index in [1.807, 2.05) is 40.5 Å². The van der Waals surface area contributed by atoms with Crippen LogP contribution in [0.15, 0.2) is 55.1 Å². The fraction of sp³-hybridized carbons (Fsp3) is 0.259. The number of aliphatic hydroxyl groups is 1. The van der Waals surface area contributed by atoms with Gasteiger partial charge in [0.05, 0.1) is 36.1 Å². The summed E-state index contributed by atoms with van der Waals surface area (Å²) in [7, 11) is 1.52. The van der Waals surface area contributed by atoms with Gasteiger partial charge in [-0.3, -0.25) is 14.5 Å². The minimum atomic E-state index is -0.479. The Kier molecular flexibility index (Phi) is 5.60. The fourth-order valence-electron chi connectivity index (χ4n) is 5.09. The van der Waals surface area contributed by atoms with E-state index < -0.39 is 12.4 Å². The molecule has 1 fully saturated rings. The smallest absolute Gasteiger partial charge is 0.248 e. The summed E-state index contributed by atoms with van der Waals surface area (Å²) in [6.45, 7) is 2.55. The average molecular weight is 501 g/mol. The lowest BCUT2D eigenvalue weighted by atomic mass is 10.1. The number of rotatable bonds is 5. The molecule has 0 bridgehead atoms. The molecule has 6 rings (SSSR count). The van der Waals surface area contributed by atoms with Crippen molar-refractivity contribution in [3.05, 3.63) is 66.6 Å². The van der Waals surface area contributed by atoms with E-state index in [9.17, 15) is 9.18 Å². The van der Waals surface area contributed by atoms with Gasteiger partial charge in [-0.05, 0) is 37.6 Å². The van der Waals surface area contributed by atoms with Gasteiger partial charge in [-0.1, -0.05) is 6.07 Å². The molecule has 1 aliphatic heterocycles. The Morgan fingerprint density at radius 3 is 2.92 bits per heavy atom. The third kappa shape index (κ3) is 3.80. The number of aliphatic hydroxyl groups excluding tert-OH is 1. The number of nitrogens with zero attached hydrogens (tertiary/aromatic N) is 6. The topological polar surface area (TPSA) is 97.8 Å². The maximum atomic E-state index is 14.9. The molecular formula is C27H25FN6O3. The first-order valence-electron chi connectivity index (χ1n) is 12.0. The lowest BCUT2D eigenvalue weighted by Crippen LogP contribution is -2.31. The van der Waals surface area contributed by atoms with Crippen molar-refractivity contribution in [3.8, 4) is 28.1 Å². The highest BCUT2D eigenvalue weighted by Gasteiger charge is 2.27. The number of ether oxygens (including phenoxy) is 1. The van der Waals surface area contributed by atoms with Gasteiger partial charge in [0.2, 0.25) is 5.91 Å². The largest absolute Gasteiger partial charge is 0.496 e. The summed E-state index contributed by atoms with van der Waals surface area (Å²) in [6.07, 6.45) is 8.20. The molecule has 0 saturated carbocycles. The van der Waals surface area contributed by atoms with Gasteiger partial charge in [0.1, 0.15) is 23.8 Å². The molecule has 1 aromatic carbocycles. The van der Waals surface area contributed by atoms with Gasteiger partial charge in [-0.2, -0.15) is 5.10 Å². The van der Waals surface area contributed by atoms with Crippen LogP contribution in [0.2, 0.25) is 0 Å². The van der Waals surface area contributed by atoms with Gasteiger partial charge in [-0.25, -0.2) is 9.37 Å². The van der Waals surface area contributed by atoms with Crippen LogP contribution in [0.4, 0.5) is 4.39 Å². The SMILES string of the molecule is COc1cccc(F)c1-c1nc2c3cc(-c4cnn(C5CCN(C(=O)CO)C5)c4)cnc3ccn2c1C. The predicted molar refractivity (Wildman–Crippen MR) is 136 cm³/mol. The second kappa shape index (κ2) is 8.97. The van der Waals surface area contributed by atoms with Crippen LogP contribution in [0.25, 0.3) is 38.9 Å². The van der Waals surface area contributed by atoms with Crippen LogP contribution in [-0.4, -0.2) is 66.9 Å². The molecule has 1 aliphatic rings. The quantitative estimate of drug-likeness (QED) is 0.396. The van der Waals surface area contributed by atoms with Gasteiger partial charge in [0.25, 0.3) is 0 Å². The molecule has 37 heavy (non-hydrogen) atoms. The second-order valence-corrected chi connectivity index (χ2v) is 9.18. The molecule has 10 heteroatoms. The Hall–Kier alpha value is -4.31. The van der Waals surface area contributed by atoms with Gasteiger partial charge in [0.15, 0.2) is 0 Å². The third-order valence-corrected chi connectivity index (χ3v) is 7.08. The van der Waals surface area contributed by atoms with Gasteiger partial charge in [-0.15, -0.1) is 0 Å². The number of pyridine rings is 2. The lowest BCUT2D eigenvalue weighted by Gasteiger charge is -2.15. The third-order valence-electron chi connectivity index (χ3n) is 7.08. The van der Waals surface area contributed by atoms with Crippen LogP contribution < -0.4 is 4.74 Å². The zero-order valence-corrected chi connectivity index (χ0v) is 20.4. The van der Waals surface area contributed by atoms with Crippen LogP contribution in [0.3, 0.4) is 0 Å². The Balaban J connectivity index is 1.40. The minimum absolute atomic E-state index is 0.0534. The molecule has 188 valence electrons. The average Bonchev–Trinajstić information content (AvgIpc) is 3.67. The highest BCUT2D eigenvalue weighted by atomic mass is 19.1. The number of halogens is 1. The molecule has 1 N–H and O–H groups in total. The number of fused-ring (bicyclic) bond motifs is 3. The van der Waals surface area contributed by atoms with Crippen molar-refractivity contribution in [3.63, 3.8) is 0 Å². The van der Waals surface area contributed by atoms with Crippen LogP contribution in [-0.2, 0) is 4.79 Å². The second-order valence-electron chi connectivity index (χ2n) is 9.18. The van der Waals surface area contributed by atoms with E-state index in [0.717, 1.165) is 34.1 Å². The Morgan fingerprint density at radius 1 is 1.24 bits per heavy atom. The number of benzene rings is 1. The summed E-state index contributed by atoms with van der Waals surface area (Å²) in [5.41, 5.74) is 4.85. The number of likely N-dealkylation sites (tertiary alicyclic amines) is 1. The van der Waals surface area contributed by atoms with Crippen molar-refractivity contribution in [1.29, 1.82) is 0 Å². The monoisotopic (exact) mass is 500 g/mol. The van der Waals surface area contributed by atoms with Crippen LogP contribution in [0.5, 0.6) is 5.75 Å². The van der Waals surface area contributed by atoms with E-state index in [1.165, 1.54) is 13.2 Å². The number of carbonyl (C=O) groups excluding carboxylic acids is 1. The molecular weight excluding hydrogens is 475 g/mol. The molecule has 4 aromatic heterocycles. The van der Waals surface area contributed by atoms with Crippen molar-refractivity contribution in [2.75, 3.05) is 26.8 Å². The highest BCUT2D eigenvalue weighted by Crippen LogP contribution is 2.36. The molecule has 1 unspecified atom stereocenters. The van der Waals surface area contributed by atoms with Crippen LogP contribution in [0.1, 0.15) is 18.2 Å². The summed E-state index contributed by atoms with van der Waals surface area (Å²) in [5, 5.41) is 14.5. The highest BCUT2D eigenvalue weighted by molar-refractivity contribution is 5.95. The summed E-state index contributed by atoms with van der Waals surface area (Å²) >= 11 is 0. The number of methoxy groups -OCH3 is 1. The number of aryl methyl sites for hydroxylation is 1. The number of hydrogen-bond donors (Lipinski definition) is 1. The Labute approximate surface area is 211 Å². The molecule has 0 aliphatic carbocycles. The summed E-state index contributed by atoms with van der Waals surface area (Å²) in [5.74, 6) is -0.235. The first-order chi connectivity index (χ1) is 18.0. The van der Waals surface area contributed by atoms with Gasteiger partial charge >= 0.3 is 0 Å². The number of carbonyl (C=O) groups is 1. The molecule has 0 radical (unpaired) electrons. The molecule has 1 atom stereocenters. The molecule has 5 heterocycles. The summed E-state index contributed by atoms with van der Waals surface area (Å²) in [4.78, 5) is 23.0. The van der Waals surface area contributed by atoms with E-state index in [4.69, 9.17) is 14.8 Å². The van der Waals surface area contributed by atoms with Crippen molar-refractivity contribution in [2.45, 2.75) is 19.4 Å². The van der Waals surface area contributed by atoms with E-state index in [0.29, 0.717) is 35.7 Å². The minimum Gasteiger partial charge on any atom is -0.496 e. The Bertz CT molecular complexity index is 1660. The molecule has 1 amide bonds. The first-order valence-corrected chi connectivity index (χ1v) is 12.0. The van der Waals surface area contributed by atoms with Crippen molar-refractivity contribution < 1.29 is 19.0 Å². The molecule has 1 saturated heterocycles. The van der Waals surface area contributed by atoms with E-state index in [2.05, 4.69) is 10.1 Å². The number of aromatic nitrogens is 5. The van der Waals surface area contributed by atoms with E-state index in [-0.39, 0.29) is 11.9 Å². The predicted octanol–water partition coefficient (Wildman–Crippen LogP) is 3.63. The van der Waals surface area contributed by atoms with E-state index >= 15 is 0 Å². The van der Waals surface area contributed by atoms with E-state index in [1.54, 1.807) is 29.4 Å². The Morgan fingerprint density at radius 2 is 2.11 bits per heavy atom. The molecule has 0 spiro atoms. The summed E-state index contributed by atoms with van der Waals surface area (Å²) in [6, 6.07) is 8.72. The maximum absolute atomic E-state index is 14.9. The maximum Gasteiger partial charge on any atom is 0.248 e. The lowest BCUT2D eigenvalue weighted by molar-refractivity contribution is -0.133. The molecule has 5 aromatic rings. The number of imidazole rings is 1. The normalized spacial score (nSPS) is 15.7. The standard InChI is InChI=1S/C27H25FN6O3/c1-16-26(25-21(28)4-3-5-23(25)37-2)31-27-20-10-17(11-29-22(20)7-9-33(16)27)18-12-30-34(13-18)19-6-8-32(14-19)24(36)15-35/h3-5,7,9-13,19,35H,6,8,14-15H2,1-2H3. The van der Waals surface area contributed by atoms with Crippen molar-refractivity contribution in [1.82, 2.24) is 29.0 Å². The van der Waals surface area contributed by atoms with Crippen molar-refractivity contribution in [2.24, 2.45) is 0 Å². The number of hydrogen-bond acceptors (Lipinski definition) is 6. The zero-order chi connectivity index (χ0) is 25.7. The van der Waals surface area contributed by atoms with Gasteiger partial charge < -0.3 is 19.1 Å². The van der Waals surface area contributed by atoms with Crippen molar-refractivity contribution >= 4 is 22.5 Å².